The van der Waals surface area contributed by atoms with E-state index >= 15 is 0 Å². The number of hydrogen-bond acceptors (Lipinski definition) is 5. The largest absolute Gasteiger partial charge is 0.392 e. The number of carbonyl (C=O) groups is 1. The van der Waals surface area contributed by atoms with Crippen LogP contribution in [0.1, 0.15) is 133 Å². The fourth-order valence-corrected chi connectivity index (χ4v) is 12.7. The molecule has 0 bridgehead atoms. The van der Waals surface area contributed by atoms with Crippen LogP contribution < -0.4 is 5.32 Å². The van der Waals surface area contributed by atoms with Crippen molar-refractivity contribution in [2.45, 2.75) is 129 Å². The van der Waals surface area contributed by atoms with Gasteiger partial charge in [0.15, 0.2) is 5.78 Å². The first-order chi connectivity index (χ1) is 22.8. The molecule has 6 aliphatic rings. The summed E-state index contributed by atoms with van der Waals surface area (Å²) >= 11 is 5.25. The molecule has 9 atom stereocenters. The zero-order valence-corrected chi connectivity index (χ0v) is 31.6. The summed E-state index contributed by atoms with van der Waals surface area (Å²) in [7, 11) is 0. The standard InChI is InChI=1S/C42H54N2O4S/c1-21(2)33-36(47)31-30-24(27-20-38(4,5)48-39(6,7)32(27)35(30)46)19-25-26-18-23-12-13-28-40(8,15-11-17-43-22(3)49)29(45)14-16-41(28,9)42(23,10)37(26)44(33)34(25)31/h11,15,19-20,23,28-29,32-33,35,45-46H,1,12-14,16-18H2,2-10H3,(H,43,49)/b15-11+/t23?,28-,29-,32?,33-,35+,40-,41-,42+/m0/s1. The number of ketones is 1. The SMILES string of the molecule is C=C(C)[C@H]1C(=O)c2c3c(cc4c5c(n1c24)[C@@]1(C)C(CC[C@H]2[C@](C)(/C=C/CNC(C)=S)[C@@H](O)CC[C@@]21C)C5)C1=CC(C)(C)OC(C)(C)C1[C@@H]3O. The first-order valence-electron chi connectivity index (χ1n) is 18.5. The summed E-state index contributed by atoms with van der Waals surface area (Å²) in [4.78, 5) is 15.6. The second-order valence-electron chi connectivity index (χ2n) is 18.2. The molecule has 3 N–H and O–H groups in total. The van der Waals surface area contributed by atoms with Crippen molar-refractivity contribution < 1.29 is 19.7 Å². The van der Waals surface area contributed by atoms with E-state index in [9.17, 15) is 15.0 Å². The van der Waals surface area contributed by atoms with Gasteiger partial charge in [0, 0.05) is 39.9 Å². The van der Waals surface area contributed by atoms with Gasteiger partial charge in [-0.2, -0.15) is 0 Å². The van der Waals surface area contributed by atoms with E-state index in [1.165, 1.54) is 16.6 Å². The molecule has 2 saturated carbocycles. The molecule has 2 fully saturated rings. The number of hydrogen-bond donors (Lipinski definition) is 3. The summed E-state index contributed by atoms with van der Waals surface area (Å²) < 4.78 is 8.92. The third kappa shape index (κ3) is 4.11. The molecule has 7 heteroatoms. The number of aliphatic hydroxyl groups is 2. The fraction of sp³-hybridized carbons (Fsp3) is 0.619. The van der Waals surface area contributed by atoms with Gasteiger partial charge in [0.2, 0.25) is 0 Å². The number of nitrogens with zero attached hydrogens (tertiary/aromatic N) is 1. The van der Waals surface area contributed by atoms with Gasteiger partial charge >= 0.3 is 0 Å². The first-order valence-corrected chi connectivity index (χ1v) is 18.9. The van der Waals surface area contributed by atoms with E-state index in [1.54, 1.807) is 0 Å². The van der Waals surface area contributed by atoms with Crippen LogP contribution in [-0.4, -0.2) is 49.4 Å². The van der Waals surface area contributed by atoms with Gasteiger partial charge in [-0.3, -0.25) is 4.79 Å². The maximum absolute atomic E-state index is 14.8. The van der Waals surface area contributed by atoms with E-state index in [0.717, 1.165) is 64.9 Å². The highest BCUT2D eigenvalue weighted by atomic mass is 32.1. The smallest absolute Gasteiger partial charge is 0.192 e. The lowest BCUT2D eigenvalue weighted by atomic mass is 9.40. The number of rotatable bonds is 4. The lowest BCUT2D eigenvalue weighted by Crippen LogP contribution is -2.62. The minimum atomic E-state index is -0.832. The maximum atomic E-state index is 14.8. The quantitative estimate of drug-likeness (QED) is 0.223. The van der Waals surface area contributed by atoms with E-state index < -0.39 is 29.5 Å². The molecule has 1 aromatic carbocycles. The lowest BCUT2D eigenvalue weighted by Gasteiger charge is -2.64. The van der Waals surface area contributed by atoms with Gasteiger partial charge in [-0.1, -0.05) is 57.3 Å². The van der Waals surface area contributed by atoms with Crippen LogP contribution in [0.25, 0.3) is 16.5 Å². The second kappa shape index (κ2) is 10.3. The number of fused-ring (bicyclic) bond motifs is 11. The summed E-state index contributed by atoms with van der Waals surface area (Å²) in [5.41, 5.74) is 6.27. The number of benzene rings is 1. The van der Waals surface area contributed by atoms with Gasteiger partial charge < -0.3 is 24.8 Å². The molecule has 2 aromatic rings. The Hall–Kier alpha value is -2.58. The number of nitrogens with one attached hydrogen (secondary N) is 1. The molecule has 0 amide bonds. The molecule has 262 valence electrons. The number of carbonyl (C=O) groups excluding carboxylic acids is 1. The Kier molecular flexibility index (Phi) is 7.03. The van der Waals surface area contributed by atoms with E-state index in [2.05, 4.69) is 89.2 Å². The molecule has 6 nitrogen and oxygen atoms in total. The molecule has 0 radical (unpaired) electrons. The summed E-state index contributed by atoms with van der Waals surface area (Å²) in [6, 6.07) is 1.83. The average Bonchev–Trinajstić information content (AvgIpc) is 3.66. The van der Waals surface area contributed by atoms with Gasteiger partial charge in [-0.25, -0.2) is 0 Å². The number of thiocarbonyl (C=S) groups is 1. The van der Waals surface area contributed by atoms with Crippen LogP contribution in [0.3, 0.4) is 0 Å². The Morgan fingerprint density at radius 3 is 2.51 bits per heavy atom. The number of Topliss-reactive ketones (excluding diaryl/α,β-unsaturated/α-hetero) is 1. The monoisotopic (exact) mass is 682 g/mol. The van der Waals surface area contributed by atoms with Crippen molar-refractivity contribution in [1.82, 2.24) is 9.88 Å². The van der Waals surface area contributed by atoms with Crippen molar-refractivity contribution in [2.75, 3.05) is 6.54 Å². The van der Waals surface area contributed by atoms with Crippen LogP contribution in [0.15, 0.2) is 36.4 Å². The van der Waals surface area contributed by atoms with Crippen molar-refractivity contribution in [3.05, 3.63) is 64.4 Å². The molecule has 1 aromatic heterocycles. The molecule has 0 saturated heterocycles. The third-order valence-electron chi connectivity index (χ3n) is 14.6. The topological polar surface area (TPSA) is 83.7 Å². The van der Waals surface area contributed by atoms with Crippen LogP contribution in [0.5, 0.6) is 0 Å². The molecular formula is C42H54N2O4S. The lowest BCUT2D eigenvalue weighted by molar-refractivity contribution is -0.145. The van der Waals surface area contributed by atoms with Gasteiger partial charge in [-0.05, 0) is 120 Å². The normalized spacial score (nSPS) is 39.3. The van der Waals surface area contributed by atoms with Crippen molar-refractivity contribution in [3.63, 3.8) is 0 Å². The Labute approximate surface area is 297 Å². The first kappa shape index (κ1) is 33.6. The molecule has 3 heterocycles. The Morgan fingerprint density at radius 2 is 1.84 bits per heavy atom. The number of ether oxygens (including phenoxy) is 1. The number of aliphatic hydroxyl groups excluding tert-OH is 2. The van der Waals surface area contributed by atoms with E-state index in [4.69, 9.17) is 17.0 Å². The predicted octanol–water partition coefficient (Wildman–Crippen LogP) is 8.09. The van der Waals surface area contributed by atoms with Gasteiger partial charge in [0.25, 0.3) is 0 Å². The Bertz CT molecular complexity index is 1930. The average molecular weight is 683 g/mol. The van der Waals surface area contributed by atoms with Crippen molar-refractivity contribution >= 4 is 39.5 Å². The third-order valence-corrected chi connectivity index (χ3v) is 14.7. The van der Waals surface area contributed by atoms with Gasteiger partial charge in [0.1, 0.15) is 6.04 Å². The summed E-state index contributed by atoms with van der Waals surface area (Å²) in [6.45, 7) is 24.5. The number of allylic oxidation sites excluding steroid dienone is 1. The van der Waals surface area contributed by atoms with Crippen molar-refractivity contribution in [1.29, 1.82) is 0 Å². The van der Waals surface area contributed by atoms with Crippen LogP contribution in [0.2, 0.25) is 0 Å². The van der Waals surface area contributed by atoms with Crippen LogP contribution in [0, 0.1) is 28.6 Å². The van der Waals surface area contributed by atoms with Gasteiger partial charge in [0.05, 0.1) is 39.5 Å². The highest BCUT2D eigenvalue weighted by Crippen LogP contribution is 2.71. The molecule has 4 aliphatic carbocycles. The molecular weight excluding hydrogens is 629 g/mol. The second-order valence-corrected chi connectivity index (χ2v) is 18.8. The Balaban J connectivity index is 1.35. The zero-order valence-electron chi connectivity index (χ0n) is 30.8. The summed E-state index contributed by atoms with van der Waals surface area (Å²) in [5.74, 6) is 0.502. The van der Waals surface area contributed by atoms with Gasteiger partial charge in [-0.15, -0.1) is 0 Å². The van der Waals surface area contributed by atoms with Crippen LogP contribution in [-0.2, 0) is 16.6 Å². The van der Waals surface area contributed by atoms with Crippen LogP contribution >= 0.6 is 12.2 Å². The molecule has 49 heavy (non-hydrogen) atoms. The Morgan fingerprint density at radius 1 is 1.12 bits per heavy atom. The van der Waals surface area contributed by atoms with E-state index in [-0.39, 0.29) is 33.9 Å². The van der Waals surface area contributed by atoms with E-state index in [0.29, 0.717) is 18.0 Å². The predicted molar refractivity (Wildman–Crippen MR) is 200 cm³/mol. The molecule has 2 aliphatic heterocycles. The summed E-state index contributed by atoms with van der Waals surface area (Å²) in [5, 5.41) is 28.3. The molecule has 2 unspecified atom stereocenters. The highest BCUT2D eigenvalue weighted by Gasteiger charge is 2.67. The highest BCUT2D eigenvalue weighted by molar-refractivity contribution is 7.80. The molecule has 0 spiro atoms. The molecule has 8 rings (SSSR count). The zero-order chi connectivity index (χ0) is 35.4. The van der Waals surface area contributed by atoms with E-state index in [1.807, 2.05) is 13.8 Å². The number of aromatic nitrogens is 1. The fourth-order valence-electron chi connectivity index (χ4n) is 12.6. The van der Waals surface area contributed by atoms with Crippen LogP contribution in [0.4, 0.5) is 0 Å². The maximum Gasteiger partial charge on any atom is 0.192 e. The van der Waals surface area contributed by atoms with Crippen molar-refractivity contribution in [3.8, 4) is 0 Å². The minimum Gasteiger partial charge on any atom is -0.392 e. The van der Waals surface area contributed by atoms with Crippen molar-refractivity contribution in [2.24, 2.45) is 28.6 Å². The summed E-state index contributed by atoms with van der Waals surface area (Å²) in [6.07, 6.45) is 10.1. The minimum absolute atomic E-state index is 0.0566.